The number of nitrogens with one attached hydrogen (secondary N) is 1. The van der Waals surface area contributed by atoms with Gasteiger partial charge in [0.05, 0.1) is 0 Å². The summed E-state index contributed by atoms with van der Waals surface area (Å²) < 4.78 is 13.9. The summed E-state index contributed by atoms with van der Waals surface area (Å²) in [4.78, 5) is 16.4. The van der Waals surface area contributed by atoms with Crippen LogP contribution in [0.3, 0.4) is 0 Å². The standard InChI is InChI=1S/C18H25ClFN3O.2ClH/c19-16-2-1-3-17(20)15(16)13-22-8-10-23(11-9-22)18(24)5-4-14-6-7-21-12-14;;/h1-3,14,21H,4-13H2;2*1H. The minimum atomic E-state index is -0.258. The maximum absolute atomic E-state index is 13.9. The monoisotopic (exact) mass is 425 g/mol. The fourth-order valence-corrected chi connectivity index (χ4v) is 3.73. The number of amides is 1. The zero-order valence-electron chi connectivity index (χ0n) is 14.8. The van der Waals surface area contributed by atoms with E-state index in [1.807, 2.05) is 4.90 Å². The van der Waals surface area contributed by atoms with Crippen LogP contribution in [0.15, 0.2) is 18.2 Å². The van der Waals surface area contributed by atoms with Crippen molar-refractivity contribution in [1.82, 2.24) is 15.1 Å². The van der Waals surface area contributed by atoms with Gasteiger partial charge < -0.3 is 10.2 Å². The van der Waals surface area contributed by atoms with E-state index in [9.17, 15) is 9.18 Å². The summed E-state index contributed by atoms with van der Waals surface area (Å²) in [5, 5.41) is 3.81. The molecule has 1 aromatic carbocycles. The number of hydrogen-bond donors (Lipinski definition) is 1. The Labute approximate surface area is 172 Å². The number of hydrogen-bond acceptors (Lipinski definition) is 3. The molecule has 0 aromatic heterocycles. The molecule has 4 nitrogen and oxygen atoms in total. The Morgan fingerprint density at radius 3 is 2.58 bits per heavy atom. The van der Waals surface area contributed by atoms with Gasteiger partial charge in [0.25, 0.3) is 0 Å². The van der Waals surface area contributed by atoms with Crippen molar-refractivity contribution in [3.05, 3.63) is 34.6 Å². The summed E-state index contributed by atoms with van der Waals surface area (Å²) >= 11 is 6.09. The number of carbonyl (C=O) groups excluding carboxylic acids is 1. The highest BCUT2D eigenvalue weighted by molar-refractivity contribution is 6.31. The van der Waals surface area contributed by atoms with Gasteiger partial charge in [-0.15, -0.1) is 24.8 Å². The van der Waals surface area contributed by atoms with Crippen LogP contribution in [0.25, 0.3) is 0 Å². The number of benzene rings is 1. The molecule has 1 amide bonds. The van der Waals surface area contributed by atoms with Crippen LogP contribution in [-0.4, -0.2) is 55.0 Å². The van der Waals surface area contributed by atoms with E-state index in [0.717, 1.165) is 32.6 Å². The minimum absolute atomic E-state index is 0. The molecule has 8 heteroatoms. The lowest BCUT2D eigenvalue weighted by Crippen LogP contribution is -2.48. The molecule has 0 bridgehead atoms. The quantitative estimate of drug-likeness (QED) is 0.784. The van der Waals surface area contributed by atoms with Crippen molar-refractivity contribution in [2.24, 2.45) is 5.92 Å². The largest absolute Gasteiger partial charge is 0.340 e. The first kappa shape index (κ1) is 23.4. The summed E-state index contributed by atoms with van der Waals surface area (Å²) in [6.07, 6.45) is 2.81. The Bertz CT molecular complexity index is 557. The van der Waals surface area contributed by atoms with Crippen molar-refractivity contribution in [3.63, 3.8) is 0 Å². The third-order valence-electron chi connectivity index (χ3n) is 5.10. The van der Waals surface area contributed by atoms with Crippen LogP contribution in [0.4, 0.5) is 4.39 Å². The predicted octanol–water partition coefficient (Wildman–Crippen LogP) is 3.36. The van der Waals surface area contributed by atoms with E-state index in [1.165, 1.54) is 12.5 Å². The third kappa shape index (κ3) is 6.24. The van der Waals surface area contributed by atoms with Gasteiger partial charge in [0.1, 0.15) is 5.82 Å². The molecule has 1 atom stereocenters. The molecule has 1 unspecified atom stereocenters. The highest BCUT2D eigenvalue weighted by Crippen LogP contribution is 2.22. The fraction of sp³-hybridized carbons (Fsp3) is 0.611. The van der Waals surface area contributed by atoms with Crippen molar-refractivity contribution in [1.29, 1.82) is 0 Å². The van der Waals surface area contributed by atoms with E-state index in [0.29, 0.717) is 42.6 Å². The lowest BCUT2D eigenvalue weighted by molar-refractivity contribution is -0.133. The summed E-state index contributed by atoms with van der Waals surface area (Å²) in [5.41, 5.74) is 0.549. The van der Waals surface area contributed by atoms with Crippen LogP contribution >= 0.6 is 36.4 Å². The number of carbonyl (C=O) groups is 1. The molecule has 0 saturated carbocycles. The molecule has 0 radical (unpaired) electrons. The average Bonchev–Trinajstić information content (AvgIpc) is 3.10. The van der Waals surface area contributed by atoms with Crippen molar-refractivity contribution >= 4 is 42.3 Å². The van der Waals surface area contributed by atoms with Gasteiger partial charge >= 0.3 is 0 Å². The number of piperazine rings is 1. The summed E-state index contributed by atoms with van der Waals surface area (Å²) in [7, 11) is 0. The Balaban J connectivity index is 0.00000169. The second-order valence-corrected chi connectivity index (χ2v) is 7.16. The third-order valence-corrected chi connectivity index (χ3v) is 5.45. The Hall–Kier alpha value is -0.590. The molecular weight excluding hydrogens is 400 g/mol. The smallest absolute Gasteiger partial charge is 0.222 e. The summed E-state index contributed by atoms with van der Waals surface area (Å²) in [6.45, 7) is 5.59. The molecule has 148 valence electrons. The zero-order chi connectivity index (χ0) is 16.9. The van der Waals surface area contributed by atoms with Crippen LogP contribution < -0.4 is 5.32 Å². The lowest BCUT2D eigenvalue weighted by Gasteiger charge is -2.35. The average molecular weight is 427 g/mol. The molecule has 0 aliphatic carbocycles. The van der Waals surface area contributed by atoms with Gasteiger partial charge in [-0.1, -0.05) is 17.7 Å². The molecule has 2 aliphatic heterocycles. The van der Waals surface area contributed by atoms with E-state index in [4.69, 9.17) is 11.6 Å². The van der Waals surface area contributed by atoms with E-state index in [1.54, 1.807) is 12.1 Å². The van der Waals surface area contributed by atoms with Gasteiger partial charge in [-0.3, -0.25) is 9.69 Å². The summed E-state index contributed by atoms with van der Waals surface area (Å²) in [5.74, 6) is 0.648. The topological polar surface area (TPSA) is 35.6 Å². The normalized spacial score (nSPS) is 20.4. The second kappa shape index (κ2) is 11.3. The van der Waals surface area contributed by atoms with Crippen molar-refractivity contribution < 1.29 is 9.18 Å². The van der Waals surface area contributed by atoms with E-state index in [2.05, 4.69) is 10.2 Å². The SMILES string of the molecule is Cl.Cl.O=C(CCC1CCNC1)N1CCN(Cc2c(F)cccc2Cl)CC1. The highest BCUT2D eigenvalue weighted by atomic mass is 35.5. The van der Waals surface area contributed by atoms with Crippen LogP contribution in [0.1, 0.15) is 24.8 Å². The molecule has 1 N–H and O–H groups in total. The molecule has 3 rings (SSSR count). The van der Waals surface area contributed by atoms with E-state index in [-0.39, 0.29) is 36.5 Å². The second-order valence-electron chi connectivity index (χ2n) is 6.75. The van der Waals surface area contributed by atoms with E-state index >= 15 is 0 Å². The molecule has 0 spiro atoms. The molecule has 26 heavy (non-hydrogen) atoms. The van der Waals surface area contributed by atoms with Crippen LogP contribution in [0.5, 0.6) is 0 Å². The Morgan fingerprint density at radius 1 is 1.23 bits per heavy atom. The van der Waals surface area contributed by atoms with Crippen molar-refractivity contribution in [2.45, 2.75) is 25.8 Å². The van der Waals surface area contributed by atoms with Gasteiger partial charge in [-0.25, -0.2) is 4.39 Å². The van der Waals surface area contributed by atoms with Gasteiger partial charge in [0.2, 0.25) is 5.91 Å². The van der Waals surface area contributed by atoms with E-state index < -0.39 is 0 Å². The molecule has 2 heterocycles. The summed E-state index contributed by atoms with van der Waals surface area (Å²) in [6, 6.07) is 4.79. The molecule has 2 saturated heterocycles. The first-order valence-corrected chi connectivity index (χ1v) is 9.15. The van der Waals surface area contributed by atoms with Gasteiger partial charge in [0, 0.05) is 49.7 Å². The molecule has 2 fully saturated rings. The lowest BCUT2D eigenvalue weighted by atomic mass is 10.0. The number of rotatable bonds is 5. The number of halogens is 4. The number of nitrogens with zero attached hydrogens (tertiary/aromatic N) is 2. The van der Waals surface area contributed by atoms with Crippen molar-refractivity contribution in [3.8, 4) is 0 Å². The van der Waals surface area contributed by atoms with Crippen molar-refractivity contribution in [2.75, 3.05) is 39.3 Å². The zero-order valence-corrected chi connectivity index (χ0v) is 17.1. The predicted molar refractivity (Wildman–Crippen MR) is 108 cm³/mol. The van der Waals surface area contributed by atoms with Gasteiger partial charge in [-0.05, 0) is 44.0 Å². The van der Waals surface area contributed by atoms with Gasteiger partial charge in [-0.2, -0.15) is 0 Å². The highest BCUT2D eigenvalue weighted by Gasteiger charge is 2.23. The van der Waals surface area contributed by atoms with Crippen LogP contribution in [-0.2, 0) is 11.3 Å². The maximum atomic E-state index is 13.9. The van der Waals surface area contributed by atoms with Gasteiger partial charge in [0.15, 0.2) is 0 Å². The molecular formula is C18H27Cl3FN3O. The first-order valence-electron chi connectivity index (χ1n) is 8.77. The Morgan fingerprint density at radius 2 is 1.96 bits per heavy atom. The Kier molecular flexibility index (Phi) is 10.2. The van der Waals surface area contributed by atoms with Crippen LogP contribution in [0.2, 0.25) is 5.02 Å². The van der Waals surface area contributed by atoms with Crippen LogP contribution in [0, 0.1) is 11.7 Å². The first-order chi connectivity index (χ1) is 11.6. The fourth-order valence-electron chi connectivity index (χ4n) is 3.51. The minimum Gasteiger partial charge on any atom is -0.340 e. The molecule has 2 aliphatic rings. The molecule has 1 aromatic rings. The maximum Gasteiger partial charge on any atom is 0.222 e.